The zero-order valence-electron chi connectivity index (χ0n) is 15.7. The molecule has 144 valence electrons. The van der Waals surface area contributed by atoms with Gasteiger partial charge in [0.15, 0.2) is 0 Å². The van der Waals surface area contributed by atoms with Crippen LogP contribution in [-0.4, -0.2) is 43.9 Å². The first-order valence-electron chi connectivity index (χ1n) is 9.84. The second-order valence-corrected chi connectivity index (χ2v) is 8.24. The topological polar surface area (TPSA) is 41.7 Å². The molecule has 0 aliphatic carbocycles. The summed E-state index contributed by atoms with van der Waals surface area (Å²) >= 11 is 5.98. The van der Waals surface area contributed by atoms with Gasteiger partial charge in [-0.05, 0) is 80.2 Å². The van der Waals surface area contributed by atoms with E-state index in [1.54, 1.807) is 0 Å². The Morgan fingerprint density at radius 1 is 1.00 bits per heavy atom. The molecule has 0 bridgehead atoms. The fourth-order valence-electron chi connectivity index (χ4n) is 4.14. The molecule has 2 saturated heterocycles. The maximum Gasteiger partial charge on any atom is 0.119 e. The zero-order chi connectivity index (χ0) is 18.6. The van der Waals surface area contributed by atoms with E-state index in [1.165, 1.54) is 43.6 Å². The lowest BCUT2D eigenvalue weighted by Gasteiger charge is -2.33. The van der Waals surface area contributed by atoms with Gasteiger partial charge in [-0.25, -0.2) is 0 Å². The van der Waals surface area contributed by atoms with Crippen molar-refractivity contribution in [1.82, 2.24) is 4.90 Å². The summed E-state index contributed by atoms with van der Waals surface area (Å²) in [5.74, 6) is 0.778. The molecule has 0 saturated carbocycles. The lowest BCUT2D eigenvalue weighted by molar-refractivity contribution is 0.0645. The SMILES string of the molecule is Nc1ccc(CC2CCN(C[C@H]3CN(c4ccc(Cl)cc4)CO3)CC2)cc1. The van der Waals surface area contributed by atoms with Crippen LogP contribution in [0.1, 0.15) is 18.4 Å². The number of hydrogen-bond acceptors (Lipinski definition) is 4. The average Bonchev–Trinajstić information content (AvgIpc) is 3.14. The number of hydrogen-bond donors (Lipinski definition) is 1. The molecule has 2 aromatic carbocycles. The molecular formula is C22H28ClN3O. The normalized spacial score (nSPS) is 21.7. The summed E-state index contributed by atoms with van der Waals surface area (Å²) in [5.41, 5.74) is 9.21. The van der Waals surface area contributed by atoms with Crippen molar-refractivity contribution < 1.29 is 4.74 Å². The lowest BCUT2D eigenvalue weighted by atomic mass is 9.90. The second-order valence-electron chi connectivity index (χ2n) is 7.81. The molecule has 0 radical (unpaired) electrons. The van der Waals surface area contributed by atoms with Crippen LogP contribution in [0.4, 0.5) is 11.4 Å². The first-order chi connectivity index (χ1) is 13.2. The van der Waals surface area contributed by atoms with E-state index in [-0.39, 0.29) is 6.10 Å². The lowest BCUT2D eigenvalue weighted by Crippen LogP contribution is -2.40. The van der Waals surface area contributed by atoms with E-state index in [2.05, 4.69) is 34.1 Å². The van der Waals surface area contributed by atoms with Crippen LogP contribution in [0.3, 0.4) is 0 Å². The Balaban J connectivity index is 1.21. The molecule has 0 unspecified atom stereocenters. The Labute approximate surface area is 166 Å². The van der Waals surface area contributed by atoms with Crippen molar-refractivity contribution >= 4 is 23.0 Å². The summed E-state index contributed by atoms with van der Waals surface area (Å²) in [5, 5.41) is 0.775. The van der Waals surface area contributed by atoms with Crippen molar-refractivity contribution in [2.45, 2.75) is 25.4 Å². The highest BCUT2D eigenvalue weighted by molar-refractivity contribution is 6.30. The number of ether oxygens (including phenoxy) is 1. The molecule has 2 aliphatic heterocycles. The third-order valence-electron chi connectivity index (χ3n) is 5.75. The number of nitrogens with zero attached hydrogens (tertiary/aromatic N) is 2. The number of anilines is 2. The smallest absolute Gasteiger partial charge is 0.119 e. The fourth-order valence-corrected chi connectivity index (χ4v) is 4.26. The van der Waals surface area contributed by atoms with Gasteiger partial charge in [-0.3, -0.25) is 0 Å². The number of benzene rings is 2. The Bertz CT molecular complexity index is 726. The number of halogens is 1. The number of piperidine rings is 1. The maximum absolute atomic E-state index is 6.03. The van der Waals surface area contributed by atoms with Crippen molar-refractivity contribution in [1.29, 1.82) is 0 Å². The van der Waals surface area contributed by atoms with Gasteiger partial charge in [0.1, 0.15) is 6.73 Å². The predicted octanol–water partition coefficient (Wildman–Crippen LogP) is 4.04. The minimum Gasteiger partial charge on any atom is -0.399 e. The van der Waals surface area contributed by atoms with Crippen molar-refractivity contribution in [2.75, 3.05) is 43.5 Å². The van der Waals surface area contributed by atoms with Gasteiger partial charge < -0.3 is 20.3 Å². The van der Waals surface area contributed by atoms with Crippen molar-refractivity contribution in [3.8, 4) is 0 Å². The summed E-state index contributed by atoms with van der Waals surface area (Å²) in [6.07, 6.45) is 3.98. The van der Waals surface area contributed by atoms with Crippen LogP contribution in [0.15, 0.2) is 48.5 Å². The standard InChI is InChI=1S/C22H28ClN3O/c23-19-3-7-21(8-4-19)26-15-22(27-16-26)14-25-11-9-18(10-12-25)13-17-1-5-20(24)6-2-17/h1-8,18,22H,9-16,24H2/t22-/m0/s1. The zero-order valence-corrected chi connectivity index (χ0v) is 16.4. The molecule has 2 heterocycles. The van der Waals surface area contributed by atoms with Crippen LogP contribution >= 0.6 is 11.6 Å². The quantitative estimate of drug-likeness (QED) is 0.789. The third-order valence-corrected chi connectivity index (χ3v) is 6.01. The predicted molar refractivity (Wildman–Crippen MR) is 112 cm³/mol. The maximum atomic E-state index is 6.03. The Morgan fingerprint density at radius 2 is 1.70 bits per heavy atom. The van der Waals surface area contributed by atoms with Crippen molar-refractivity contribution in [3.63, 3.8) is 0 Å². The van der Waals surface area contributed by atoms with E-state index < -0.39 is 0 Å². The molecular weight excluding hydrogens is 358 g/mol. The number of likely N-dealkylation sites (tertiary alicyclic amines) is 1. The monoisotopic (exact) mass is 385 g/mol. The highest BCUT2D eigenvalue weighted by Gasteiger charge is 2.27. The van der Waals surface area contributed by atoms with Gasteiger partial charge >= 0.3 is 0 Å². The molecule has 2 aromatic rings. The van der Waals surface area contributed by atoms with Gasteiger partial charge in [0, 0.05) is 29.5 Å². The van der Waals surface area contributed by atoms with Gasteiger partial charge in [0.2, 0.25) is 0 Å². The van der Waals surface area contributed by atoms with Gasteiger partial charge in [-0.1, -0.05) is 23.7 Å². The number of rotatable bonds is 5. The van der Waals surface area contributed by atoms with E-state index in [0.29, 0.717) is 6.73 Å². The summed E-state index contributed by atoms with van der Waals surface area (Å²) < 4.78 is 6.03. The molecule has 1 atom stereocenters. The minimum absolute atomic E-state index is 0.286. The minimum atomic E-state index is 0.286. The Hall–Kier alpha value is -1.75. The molecule has 4 nitrogen and oxygen atoms in total. The molecule has 0 aromatic heterocycles. The average molecular weight is 386 g/mol. The van der Waals surface area contributed by atoms with Crippen LogP contribution in [-0.2, 0) is 11.2 Å². The summed E-state index contributed by atoms with van der Waals surface area (Å²) in [7, 11) is 0. The fraction of sp³-hybridized carbons (Fsp3) is 0.455. The highest BCUT2D eigenvalue weighted by Crippen LogP contribution is 2.25. The third kappa shape index (κ3) is 4.95. The summed E-state index contributed by atoms with van der Waals surface area (Å²) in [4.78, 5) is 4.85. The molecule has 2 N–H and O–H groups in total. The first kappa shape index (κ1) is 18.6. The molecule has 4 rings (SSSR count). The highest BCUT2D eigenvalue weighted by atomic mass is 35.5. The number of nitrogen functional groups attached to an aromatic ring is 1. The Morgan fingerprint density at radius 3 is 2.41 bits per heavy atom. The van der Waals surface area contributed by atoms with E-state index >= 15 is 0 Å². The van der Waals surface area contributed by atoms with Gasteiger partial charge in [-0.15, -0.1) is 0 Å². The van der Waals surface area contributed by atoms with E-state index in [1.807, 2.05) is 24.3 Å². The van der Waals surface area contributed by atoms with Gasteiger partial charge in [0.05, 0.1) is 6.10 Å². The van der Waals surface area contributed by atoms with Crippen molar-refractivity contribution in [2.24, 2.45) is 5.92 Å². The van der Waals surface area contributed by atoms with Crippen LogP contribution < -0.4 is 10.6 Å². The van der Waals surface area contributed by atoms with Gasteiger partial charge in [0.25, 0.3) is 0 Å². The largest absolute Gasteiger partial charge is 0.399 e. The van der Waals surface area contributed by atoms with Crippen molar-refractivity contribution in [3.05, 3.63) is 59.1 Å². The second kappa shape index (κ2) is 8.51. The summed E-state index contributed by atoms with van der Waals surface area (Å²) in [6.45, 7) is 4.98. The van der Waals surface area contributed by atoms with E-state index in [4.69, 9.17) is 22.1 Å². The van der Waals surface area contributed by atoms with Gasteiger partial charge in [-0.2, -0.15) is 0 Å². The summed E-state index contributed by atoms with van der Waals surface area (Å²) in [6, 6.07) is 16.4. The van der Waals surface area contributed by atoms with Crippen LogP contribution in [0.25, 0.3) is 0 Å². The van der Waals surface area contributed by atoms with Crippen LogP contribution in [0.2, 0.25) is 5.02 Å². The first-order valence-corrected chi connectivity index (χ1v) is 10.2. The van der Waals surface area contributed by atoms with Crippen LogP contribution in [0.5, 0.6) is 0 Å². The Kier molecular flexibility index (Phi) is 5.86. The molecule has 2 aliphatic rings. The molecule has 5 heteroatoms. The molecule has 0 amide bonds. The molecule has 27 heavy (non-hydrogen) atoms. The number of nitrogens with two attached hydrogens (primary N) is 1. The van der Waals surface area contributed by atoms with Crippen LogP contribution in [0, 0.1) is 5.92 Å². The molecule has 2 fully saturated rings. The van der Waals surface area contributed by atoms with E-state index in [0.717, 1.165) is 29.7 Å². The molecule has 0 spiro atoms. The van der Waals surface area contributed by atoms with E-state index in [9.17, 15) is 0 Å².